The molecule has 10 heteroatoms. The quantitative estimate of drug-likeness (QED) is 0.418. The third kappa shape index (κ3) is 5.09. The zero-order valence-electron chi connectivity index (χ0n) is 11.3. The first kappa shape index (κ1) is 16.4. The smallest absolute Gasteiger partial charge is 0.322 e. The number of hydrogen-bond acceptors (Lipinski definition) is 5. The summed E-state index contributed by atoms with van der Waals surface area (Å²) in [5.41, 5.74) is 0. The van der Waals surface area contributed by atoms with Crippen molar-refractivity contribution in [1.29, 1.82) is 0 Å². The van der Waals surface area contributed by atoms with Gasteiger partial charge in [-0.1, -0.05) is 0 Å². The van der Waals surface area contributed by atoms with Crippen LogP contribution >= 0.6 is 0 Å². The number of carboxylic acids is 1. The zero-order valence-corrected chi connectivity index (χ0v) is 11.3. The molecule has 5 amide bonds. The Labute approximate surface area is 119 Å². The molecule has 0 spiro atoms. The fourth-order valence-corrected chi connectivity index (χ4v) is 1.66. The molecule has 0 aromatic heterocycles. The minimum Gasteiger partial charge on any atom is -0.480 e. The minimum absolute atomic E-state index is 0.145. The Morgan fingerprint density at radius 2 is 1.90 bits per heavy atom. The summed E-state index contributed by atoms with van der Waals surface area (Å²) in [5.74, 6) is -2.70. The largest absolute Gasteiger partial charge is 0.480 e. The summed E-state index contributed by atoms with van der Waals surface area (Å²) in [6.07, 6.45) is 0.340. The van der Waals surface area contributed by atoms with Crippen LogP contribution in [0.4, 0.5) is 4.79 Å². The highest BCUT2D eigenvalue weighted by Gasteiger charge is 2.32. The molecule has 1 heterocycles. The molecule has 0 radical (unpaired) electrons. The zero-order chi connectivity index (χ0) is 16.0. The van der Waals surface area contributed by atoms with E-state index in [-0.39, 0.29) is 18.7 Å². The summed E-state index contributed by atoms with van der Waals surface area (Å²) in [5, 5.41) is 14.9. The topological polar surface area (TPSA) is 145 Å². The average molecular weight is 300 g/mol. The van der Waals surface area contributed by atoms with Gasteiger partial charge in [-0.15, -0.1) is 0 Å². The van der Waals surface area contributed by atoms with Crippen LogP contribution in [0.2, 0.25) is 0 Å². The standard InChI is InChI=1S/C11H16N4O6/c1-15-8(17)3-2-6(10(15)20)14-11(21)13-4-7(16)12-5-9(18)19/h6H,2-5H2,1H3,(H,12,16)(H,18,19)(H2,13,14,21). The van der Waals surface area contributed by atoms with E-state index in [2.05, 4.69) is 16.0 Å². The maximum Gasteiger partial charge on any atom is 0.322 e. The van der Waals surface area contributed by atoms with Crippen molar-refractivity contribution in [1.82, 2.24) is 20.9 Å². The van der Waals surface area contributed by atoms with Gasteiger partial charge in [0, 0.05) is 13.5 Å². The Hall–Kier alpha value is -2.65. The first-order valence-electron chi connectivity index (χ1n) is 6.14. The van der Waals surface area contributed by atoms with E-state index in [9.17, 15) is 24.0 Å². The maximum atomic E-state index is 11.7. The molecule has 0 aromatic carbocycles. The van der Waals surface area contributed by atoms with E-state index < -0.39 is 42.9 Å². The number of hydrogen-bond donors (Lipinski definition) is 4. The van der Waals surface area contributed by atoms with Crippen molar-refractivity contribution in [3.8, 4) is 0 Å². The number of rotatable bonds is 5. The van der Waals surface area contributed by atoms with Crippen LogP contribution in [-0.2, 0) is 19.2 Å². The van der Waals surface area contributed by atoms with Gasteiger partial charge in [0.2, 0.25) is 11.8 Å². The number of nitrogens with one attached hydrogen (secondary N) is 3. The predicted molar refractivity (Wildman–Crippen MR) is 68.0 cm³/mol. The van der Waals surface area contributed by atoms with Crippen molar-refractivity contribution in [2.45, 2.75) is 18.9 Å². The number of nitrogens with zero attached hydrogens (tertiary/aromatic N) is 1. The molecule has 1 rings (SSSR count). The van der Waals surface area contributed by atoms with Crippen molar-refractivity contribution >= 4 is 29.7 Å². The molecule has 0 aliphatic carbocycles. The Balaban J connectivity index is 2.34. The van der Waals surface area contributed by atoms with E-state index in [1.807, 2.05) is 0 Å². The molecule has 116 valence electrons. The number of amides is 5. The van der Waals surface area contributed by atoms with Crippen LogP contribution in [0.5, 0.6) is 0 Å². The Morgan fingerprint density at radius 3 is 2.52 bits per heavy atom. The lowest BCUT2D eigenvalue weighted by atomic mass is 10.1. The molecule has 1 fully saturated rings. The van der Waals surface area contributed by atoms with Crippen LogP contribution in [-0.4, -0.2) is 65.9 Å². The number of likely N-dealkylation sites (tertiary alicyclic amines) is 1. The lowest BCUT2D eigenvalue weighted by molar-refractivity contribution is -0.147. The van der Waals surface area contributed by atoms with E-state index in [4.69, 9.17) is 5.11 Å². The number of imide groups is 1. The fraction of sp³-hybridized carbons (Fsp3) is 0.545. The molecule has 4 N–H and O–H groups in total. The Morgan fingerprint density at radius 1 is 1.24 bits per heavy atom. The van der Waals surface area contributed by atoms with Crippen LogP contribution in [0, 0.1) is 0 Å². The van der Waals surface area contributed by atoms with Crippen LogP contribution < -0.4 is 16.0 Å². The van der Waals surface area contributed by atoms with Crippen LogP contribution in [0.15, 0.2) is 0 Å². The second-order valence-electron chi connectivity index (χ2n) is 4.38. The van der Waals surface area contributed by atoms with Gasteiger partial charge < -0.3 is 21.1 Å². The second-order valence-corrected chi connectivity index (χ2v) is 4.38. The molecule has 0 saturated carbocycles. The molecular formula is C11H16N4O6. The molecule has 1 unspecified atom stereocenters. The average Bonchev–Trinajstić information content (AvgIpc) is 2.43. The Bertz CT molecular complexity index is 477. The predicted octanol–water partition coefficient (Wildman–Crippen LogP) is -2.37. The number of carbonyl (C=O) groups excluding carboxylic acids is 4. The highest BCUT2D eigenvalue weighted by Crippen LogP contribution is 2.10. The van der Waals surface area contributed by atoms with Crippen molar-refractivity contribution in [2.75, 3.05) is 20.1 Å². The van der Waals surface area contributed by atoms with Crippen molar-refractivity contribution in [3.63, 3.8) is 0 Å². The third-order valence-corrected chi connectivity index (χ3v) is 2.80. The number of urea groups is 1. The van der Waals surface area contributed by atoms with E-state index in [1.165, 1.54) is 7.05 Å². The van der Waals surface area contributed by atoms with Crippen molar-refractivity contribution < 1.29 is 29.1 Å². The lowest BCUT2D eigenvalue weighted by Gasteiger charge is -2.28. The Kier molecular flexibility index (Phi) is 5.64. The molecule has 1 aliphatic rings. The molecular weight excluding hydrogens is 284 g/mol. The molecule has 0 bridgehead atoms. The fourth-order valence-electron chi connectivity index (χ4n) is 1.66. The summed E-state index contributed by atoms with van der Waals surface area (Å²) >= 11 is 0. The van der Waals surface area contributed by atoms with Crippen LogP contribution in [0.1, 0.15) is 12.8 Å². The maximum absolute atomic E-state index is 11.7. The monoisotopic (exact) mass is 300 g/mol. The molecule has 21 heavy (non-hydrogen) atoms. The number of aliphatic carboxylic acids is 1. The van der Waals surface area contributed by atoms with E-state index in [0.717, 1.165) is 4.90 Å². The second kappa shape index (κ2) is 7.22. The van der Waals surface area contributed by atoms with Gasteiger partial charge >= 0.3 is 12.0 Å². The number of piperidine rings is 1. The summed E-state index contributed by atoms with van der Waals surface area (Å²) in [6, 6.07) is -1.57. The van der Waals surface area contributed by atoms with E-state index in [0.29, 0.717) is 0 Å². The summed E-state index contributed by atoms with van der Waals surface area (Å²) in [7, 11) is 1.33. The van der Waals surface area contributed by atoms with Gasteiger partial charge in [-0.3, -0.25) is 24.1 Å². The highest BCUT2D eigenvalue weighted by atomic mass is 16.4. The lowest BCUT2D eigenvalue weighted by Crippen LogP contribution is -2.55. The van der Waals surface area contributed by atoms with Gasteiger partial charge in [0.05, 0.1) is 6.54 Å². The van der Waals surface area contributed by atoms with Crippen molar-refractivity contribution in [2.24, 2.45) is 0 Å². The first-order valence-corrected chi connectivity index (χ1v) is 6.14. The highest BCUT2D eigenvalue weighted by molar-refractivity contribution is 6.01. The molecule has 10 nitrogen and oxygen atoms in total. The van der Waals surface area contributed by atoms with Gasteiger partial charge in [-0.2, -0.15) is 0 Å². The first-order chi connectivity index (χ1) is 9.81. The molecule has 1 saturated heterocycles. The van der Waals surface area contributed by atoms with Crippen LogP contribution in [0.25, 0.3) is 0 Å². The summed E-state index contributed by atoms with van der Waals surface area (Å²) in [4.78, 5) is 56.8. The van der Waals surface area contributed by atoms with Crippen LogP contribution in [0.3, 0.4) is 0 Å². The molecule has 0 aromatic rings. The van der Waals surface area contributed by atoms with E-state index in [1.54, 1.807) is 0 Å². The number of carboxylic acid groups (broad SMARTS) is 1. The minimum atomic E-state index is -1.20. The molecule has 1 aliphatic heterocycles. The van der Waals surface area contributed by atoms with Gasteiger partial charge in [-0.05, 0) is 6.42 Å². The number of carbonyl (C=O) groups is 5. The number of likely N-dealkylation sites (N-methyl/N-ethyl adjacent to an activating group) is 1. The van der Waals surface area contributed by atoms with Gasteiger partial charge in [0.1, 0.15) is 12.6 Å². The SMILES string of the molecule is CN1C(=O)CCC(NC(=O)NCC(=O)NCC(=O)O)C1=O. The van der Waals surface area contributed by atoms with E-state index >= 15 is 0 Å². The van der Waals surface area contributed by atoms with Crippen molar-refractivity contribution in [3.05, 3.63) is 0 Å². The normalized spacial score (nSPS) is 18.1. The summed E-state index contributed by atoms with van der Waals surface area (Å²) in [6.45, 7) is -0.967. The van der Waals surface area contributed by atoms with Gasteiger partial charge in [0.15, 0.2) is 0 Å². The van der Waals surface area contributed by atoms with Gasteiger partial charge in [-0.25, -0.2) is 4.79 Å². The third-order valence-electron chi connectivity index (χ3n) is 2.80. The summed E-state index contributed by atoms with van der Waals surface area (Å²) < 4.78 is 0. The molecule has 1 atom stereocenters. The van der Waals surface area contributed by atoms with Gasteiger partial charge in [0.25, 0.3) is 5.91 Å².